The molecular formula is C23H25N3O5S. The number of nitrogens with zero attached hydrogens (tertiary/aromatic N) is 1. The van der Waals surface area contributed by atoms with E-state index >= 15 is 0 Å². The van der Waals surface area contributed by atoms with E-state index in [0.717, 1.165) is 6.42 Å². The zero-order valence-corrected chi connectivity index (χ0v) is 18.8. The summed E-state index contributed by atoms with van der Waals surface area (Å²) in [4.78, 5) is 16.8. The SMILES string of the molecule is CC[C@@H](C)NC(=O)c1cccnc1Oc1ccc(NS(=O)(=O)c2ccc(OC)cc2)cc1. The maximum Gasteiger partial charge on any atom is 0.261 e. The van der Waals surface area contributed by atoms with Crippen molar-refractivity contribution < 1.29 is 22.7 Å². The number of benzene rings is 2. The minimum Gasteiger partial charge on any atom is -0.497 e. The van der Waals surface area contributed by atoms with E-state index in [4.69, 9.17) is 9.47 Å². The summed E-state index contributed by atoms with van der Waals surface area (Å²) in [6.07, 6.45) is 2.34. The van der Waals surface area contributed by atoms with Crippen LogP contribution >= 0.6 is 0 Å². The molecule has 0 bridgehead atoms. The van der Waals surface area contributed by atoms with Crippen LogP contribution in [-0.4, -0.2) is 32.5 Å². The Hall–Kier alpha value is -3.59. The normalized spacial score (nSPS) is 12.0. The van der Waals surface area contributed by atoms with Gasteiger partial charge in [0.05, 0.1) is 12.0 Å². The molecule has 0 saturated heterocycles. The molecule has 1 aromatic heterocycles. The van der Waals surface area contributed by atoms with Gasteiger partial charge in [0.25, 0.3) is 15.9 Å². The minimum atomic E-state index is -3.75. The van der Waals surface area contributed by atoms with E-state index in [0.29, 0.717) is 22.7 Å². The Labute approximate surface area is 187 Å². The van der Waals surface area contributed by atoms with Crippen LogP contribution in [-0.2, 0) is 10.0 Å². The third-order valence-corrected chi connectivity index (χ3v) is 6.09. The van der Waals surface area contributed by atoms with Gasteiger partial charge in [0.15, 0.2) is 0 Å². The lowest BCUT2D eigenvalue weighted by Gasteiger charge is -2.14. The summed E-state index contributed by atoms with van der Waals surface area (Å²) in [5.74, 6) is 0.872. The largest absolute Gasteiger partial charge is 0.497 e. The number of methoxy groups -OCH3 is 1. The molecule has 168 valence electrons. The number of sulfonamides is 1. The fourth-order valence-electron chi connectivity index (χ4n) is 2.72. The van der Waals surface area contributed by atoms with Crippen LogP contribution in [0.25, 0.3) is 0 Å². The standard InChI is InChI=1S/C23H25N3O5S/c1-4-16(2)25-22(27)21-6-5-15-24-23(21)31-19-9-7-17(8-10-19)26-32(28,29)20-13-11-18(30-3)12-14-20/h5-16,26H,4H2,1-3H3,(H,25,27)/t16-/m1/s1. The van der Waals surface area contributed by atoms with Gasteiger partial charge in [0.1, 0.15) is 17.1 Å². The topological polar surface area (TPSA) is 107 Å². The molecule has 0 saturated carbocycles. The van der Waals surface area contributed by atoms with E-state index in [1.54, 1.807) is 48.5 Å². The lowest BCUT2D eigenvalue weighted by atomic mass is 10.2. The van der Waals surface area contributed by atoms with Gasteiger partial charge in [-0.3, -0.25) is 9.52 Å². The summed E-state index contributed by atoms with van der Waals surface area (Å²) in [6, 6.07) is 15.7. The molecule has 8 nitrogen and oxygen atoms in total. The summed E-state index contributed by atoms with van der Waals surface area (Å²) < 4.78 is 38.5. The quantitative estimate of drug-likeness (QED) is 0.501. The molecular weight excluding hydrogens is 430 g/mol. The number of nitrogens with one attached hydrogen (secondary N) is 2. The Balaban J connectivity index is 1.72. The number of rotatable bonds is 9. The summed E-state index contributed by atoms with van der Waals surface area (Å²) in [6.45, 7) is 3.90. The van der Waals surface area contributed by atoms with E-state index in [9.17, 15) is 13.2 Å². The predicted octanol–water partition coefficient (Wildman–Crippen LogP) is 4.21. The Morgan fingerprint density at radius 3 is 2.31 bits per heavy atom. The van der Waals surface area contributed by atoms with Crippen molar-refractivity contribution >= 4 is 21.6 Å². The number of ether oxygens (including phenoxy) is 2. The first-order valence-corrected chi connectivity index (χ1v) is 11.5. The minimum absolute atomic E-state index is 0.0218. The fraction of sp³-hybridized carbons (Fsp3) is 0.217. The van der Waals surface area contributed by atoms with E-state index < -0.39 is 10.0 Å². The molecule has 3 aromatic rings. The molecule has 1 atom stereocenters. The molecule has 0 aliphatic heterocycles. The first-order chi connectivity index (χ1) is 15.3. The molecule has 32 heavy (non-hydrogen) atoms. The summed E-state index contributed by atoms with van der Waals surface area (Å²) in [7, 11) is -2.24. The maximum atomic E-state index is 12.6. The lowest BCUT2D eigenvalue weighted by Crippen LogP contribution is -2.32. The highest BCUT2D eigenvalue weighted by Crippen LogP contribution is 2.26. The highest BCUT2D eigenvalue weighted by atomic mass is 32.2. The summed E-state index contributed by atoms with van der Waals surface area (Å²) in [5, 5.41) is 2.89. The number of aromatic nitrogens is 1. The van der Waals surface area contributed by atoms with Gasteiger partial charge in [-0.15, -0.1) is 0 Å². The molecule has 9 heteroatoms. The van der Waals surface area contributed by atoms with Crippen LogP contribution in [0.3, 0.4) is 0 Å². The number of hydrogen-bond donors (Lipinski definition) is 2. The van der Waals surface area contributed by atoms with Gasteiger partial charge >= 0.3 is 0 Å². The maximum absolute atomic E-state index is 12.6. The Morgan fingerprint density at radius 1 is 1.03 bits per heavy atom. The van der Waals surface area contributed by atoms with Crippen LogP contribution in [0.2, 0.25) is 0 Å². The molecule has 0 spiro atoms. The first-order valence-electron chi connectivity index (χ1n) is 10.0. The van der Waals surface area contributed by atoms with Gasteiger partial charge in [-0.2, -0.15) is 0 Å². The van der Waals surface area contributed by atoms with Crippen molar-refractivity contribution in [3.8, 4) is 17.4 Å². The molecule has 2 N–H and O–H groups in total. The van der Waals surface area contributed by atoms with Gasteiger partial charge in [-0.25, -0.2) is 13.4 Å². The molecule has 1 heterocycles. The lowest BCUT2D eigenvalue weighted by molar-refractivity contribution is 0.0936. The van der Waals surface area contributed by atoms with Gasteiger partial charge in [0.2, 0.25) is 5.88 Å². The van der Waals surface area contributed by atoms with Crippen LogP contribution in [0, 0.1) is 0 Å². The third-order valence-electron chi connectivity index (χ3n) is 4.70. The van der Waals surface area contributed by atoms with Crippen LogP contribution in [0.1, 0.15) is 30.6 Å². The molecule has 1 amide bonds. The molecule has 0 radical (unpaired) electrons. The smallest absolute Gasteiger partial charge is 0.261 e. The van der Waals surface area contributed by atoms with Crippen LogP contribution in [0.4, 0.5) is 5.69 Å². The average molecular weight is 456 g/mol. The molecule has 2 aromatic carbocycles. The molecule has 0 aliphatic carbocycles. The van der Waals surface area contributed by atoms with Crippen molar-refractivity contribution in [2.45, 2.75) is 31.2 Å². The second-order valence-corrected chi connectivity index (χ2v) is 8.73. The second kappa shape index (κ2) is 10.1. The highest BCUT2D eigenvalue weighted by molar-refractivity contribution is 7.92. The first kappa shape index (κ1) is 23.1. The molecule has 0 unspecified atom stereocenters. The van der Waals surface area contributed by atoms with Gasteiger partial charge < -0.3 is 14.8 Å². The van der Waals surface area contributed by atoms with Crippen molar-refractivity contribution in [3.63, 3.8) is 0 Å². The average Bonchev–Trinajstić information content (AvgIpc) is 2.80. The summed E-state index contributed by atoms with van der Waals surface area (Å²) in [5.41, 5.74) is 0.681. The van der Waals surface area contributed by atoms with Crippen LogP contribution < -0.4 is 19.5 Å². The van der Waals surface area contributed by atoms with E-state index in [1.165, 1.54) is 25.4 Å². The monoisotopic (exact) mass is 455 g/mol. The summed E-state index contributed by atoms with van der Waals surface area (Å²) >= 11 is 0. The van der Waals surface area contributed by atoms with Gasteiger partial charge in [-0.1, -0.05) is 6.92 Å². The second-order valence-electron chi connectivity index (χ2n) is 7.05. The Bertz CT molecular complexity index is 1160. The molecule has 0 aliphatic rings. The van der Waals surface area contributed by atoms with Crippen molar-refractivity contribution in [1.29, 1.82) is 0 Å². The molecule has 3 rings (SSSR count). The number of carbonyl (C=O) groups is 1. The third kappa shape index (κ3) is 5.76. The van der Waals surface area contributed by atoms with Crippen molar-refractivity contribution in [3.05, 3.63) is 72.4 Å². The van der Waals surface area contributed by atoms with E-state index in [1.807, 2.05) is 13.8 Å². The fourth-order valence-corrected chi connectivity index (χ4v) is 3.78. The predicted molar refractivity (Wildman–Crippen MR) is 122 cm³/mol. The Kier molecular flexibility index (Phi) is 7.32. The zero-order valence-electron chi connectivity index (χ0n) is 18.0. The number of hydrogen-bond acceptors (Lipinski definition) is 6. The zero-order chi connectivity index (χ0) is 23.1. The molecule has 0 fully saturated rings. The number of pyridine rings is 1. The van der Waals surface area contributed by atoms with Crippen LogP contribution in [0.15, 0.2) is 71.8 Å². The van der Waals surface area contributed by atoms with Crippen molar-refractivity contribution in [1.82, 2.24) is 10.3 Å². The highest BCUT2D eigenvalue weighted by Gasteiger charge is 2.17. The van der Waals surface area contributed by atoms with Gasteiger partial charge in [0, 0.05) is 17.9 Å². The van der Waals surface area contributed by atoms with E-state index in [-0.39, 0.29) is 22.7 Å². The Morgan fingerprint density at radius 2 is 1.69 bits per heavy atom. The van der Waals surface area contributed by atoms with Crippen molar-refractivity contribution in [2.75, 3.05) is 11.8 Å². The number of carbonyl (C=O) groups excluding carboxylic acids is 1. The van der Waals surface area contributed by atoms with Crippen LogP contribution in [0.5, 0.6) is 17.4 Å². The van der Waals surface area contributed by atoms with Gasteiger partial charge in [-0.05, 0) is 74.0 Å². The van der Waals surface area contributed by atoms with Crippen molar-refractivity contribution in [2.24, 2.45) is 0 Å². The van der Waals surface area contributed by atoms with E-state index in [2.05, 4.69) is 15.0 Å². The number of anilines is 1. The number of amides is 1.